The molecule has 1 amide bonds. The lowest BCUT2D eigenvalue weighted by atomic mass is 10.2. The van der Waals surface area contributed by atoms with E-state index in [1.54, 1.807) is 16.7 Å². The molecule has 1 atom stereocenters. The van der Waals surface area contributed by atoms with Gasteiger partial charge in [-0.15, -0.1) is 11.8 Å². The number of nitrogens with zero attached hydrogens (tertiary/aromatic N) is 1. The fourth-order valence-electron chi connectivity index (χ4n) is 1.97. The van der Waals surface area contributed by atoms with Crippen molar-refractivity contribution in [2.75, 3.05) is 24.8 Å². The lowest BCUT2D eigenvalue weighted by Crippen LogP contribution is -2.45. The summed E-state index contributed by atoms with van der Waals surface area (Å²) in [5.74, 6) is 1.72. The Morgan fingerprint density at radius 2 is 2.22 bits per heavy atom. The second-order valence-corrected chi connectivity index (χ2v) is 5.27. The average molecular weight is 266 g/mol. The highest BCUT2D eigenvalue weighted by molar-refractivity contribution is 7.99. The van der Waals surface area contributed by atoms with Gasteiger partial charge in [-0.25, -0.2) is 0 Å². The molecule has 1 aromatic rings. The molecule has 4 nitrogen and oxygen atoms in total. The largest absolute Gasteiger partial charge is 0.395 e. The minimum Gasteiger partial charge on any atom is -0.395 e. The molecule has 2 rings (SSSR count). The zero-order valence-corrected chi connectivity index (χ0v) is 11.0. The summed E-state index contributed by atoms with van der Waals surface area (Å²) in [6.45, 7) is 0.943. The Morgan fingerprint density at radius 1 is 1.44 bits per heavy atom. The van der Waals surface area contributed by atoms with Gasteiger partial charge in [0.05, 0.1) is 12.6 Å². The molecule has 1 aromatic carbocycles. The van der Waals surface area contributed by atoms with Crippen LogP contribution in [0.15, 0.2) is 30.3 Å². The smallest absolute Gasteiger partial charge is 0.240 e. The first kappa shape index (κ1) is 13.4. The number of rotatable bonds is 5. The van der Waals surface area contributed by atoms with Crippen LogP contribution in [-0.2, 0) is 11.3 Å². The van der Waals surface area contributed by atoms with Crippen molar-refractivity contribution < 1.29 is 9.90 Å². The molecule has 1 heterocycles. The van der Waals surface area contributed by atoms with Crippen LogP contribution >= 0.6 is 11.8 Å². The fourth-order valence-corrected chi connectivity index (χ4v) is 2.90. The molecular formula is C13H18N2O2S. The van der Waals surface area contributed by atoms with Gasteiger partial charge in [0.25, 0.3) is 0 Å². The van der Waals surface area contributed by atoms with Crippen LogP contribution in [0.4, 0.5) is 0 Å². The number of thioether (sulfide) groups is 1. The summed E-state index contributed by atoms with van der Waals surface area (Å²) in [6, 6.07) is 9.76. The molecule has 5 heteroatoms. The predicted octanol–water partition coefficient (Wildman–Crippen LogP) is 0.670. The number of aliphatic hydroxyl groups excluding tert-OH is 1. The Hall–Kier alpha value is -1.04. The minimum absolute atomic E-state index is 0.00155. The Kier molecular flexibility index (Phi) is 5.04. The maximum absolute atomic E-state index is 12.3. The molecule has 1 saturated heterocycles. The molecule has 0 spiro atoms. The molecule has 0 saturated carbocycles. The molecule has 1 aliphatic rings. The number of amides is 1. The highest BCUT2D eigenvalue weighted by atomic mass is 32.2. The predicted molar refractivity (Wildman–Crippen MR) is 73.2 cm³/mol. The summed E-state index contributed by atoms with van der Waals surface area (Å²) in [6.07, 6.45) is 0. The Balaban J connectivity index is 2.00. The van der Waals surface area contributed by atoms with Crippen molar-refractivity contribution in [3.8, 4) is 0 Å². The van der Waals surface area contributed by atoms with Crippen LogP contribution in [0.1, 0.15) is 5.56 Å². The summed E-state index contributed by atoms with van der Waals surface area (Å²) < 4.78 is 0. The zero-order valence-electron chi connectivity index (χ0n) is 10.2. The van der Waals surface area contributed by atoms with Crippen LogP contribution in [0.3, 0.4) is 0 Å². The van der Waals surface area contributed by atoms with Crippen molar-refractivity contribution in [2.45, 2.75) is 12.6 Å². The van der Waals surface area contributed by atoms with Crippen molar-refractivity contribution in [3.05, 3.63) is 35.9 Å². The van der Waals surface area contributed by atoms with Crippen LogP contribution in [0.2, 0.25) is 0 Å². The first-order valence-corrected chi connectivity index (χ1v) is 7.21. The molecule has 0 radical (unpaired) electrons. The van der Waals surface area contributed by atoms with E-state index in [1.807, 2.05) is 30.3 Å². The van der Waals surface area contributed by atoms with Crippen LogP contribution in [0, 0.1) is 0 Å². The van der Waals surface area contributed by atoms with Crippen LogP contribution in [0.25, 0.3) is 0 Å². The van der Waals surface area contributed by atoms with E-state index in [1.165, 1.54) is 0 Å². The van der Waals surface area contributed by atoms with E-state index in [4.69, 9.17) is 5.11 Å². The Bertz CT molecular complexity index is 380. The van der Waals surface area contributed by atoms with E-state index in [-0.39, 0.29) is 18.6 Å². The Labute approximate surface area is 111 Å². The van der Waals surface area contributed by atoms with E-state index in [9.17, 15) is 4.79 Å². The summed E-state index contributed by atoms with van der Waals surface area (Å²) in [4.78, 5) is 14.0. The third-order valence-electron chi connectivity index (χ3n) is 2.91. The molecule has 1 aliphatic heterocycles. The molecular weight excluding hydrogens is 248 g/mol. The zero-order chi connectivity index (χ0) is 12.8. The van der Waals surface area contributed by atoms with Gasteiger partial charge in [-0.3, -0.25) is 10.1 Å². The number of nitrogens with one attached hydrogen (secondary N) is 1. The summed E-state index contributed by atoms with van der Waals surface area (Å²) >= 11 is 1.73. The lowest BCUT2D eigenvalue weighted by Gasteiger charge is -2.24. The molecule has 0 unspecified atom stereocenters. The fraction of sp³-hybridized carbons (Fsp3) is 0.462. The number of hydrogen-bond acceptors (Lipinski definition) is 4. The molecule has 1 fully saturated rings. The van der Waals surface area contributed by atoms with Crippen LogP contribution in [-0.4, -0.2) is 46.7 Å². The van der Waals surface area contributed by atoms with E-state index >= 15 is 0 Å². The number of hydrogen-bond donors (Lipinski definition) is 2. The van der Waals surface area contributed by atoms with Gasteiger partial charge in [0.2, 0.25) is 5.91 Å². The van der Waals surface area contributed by atoms with Gasteiger partial charge in [-0.1, -0.05) is 30.3 Å². The topological polar surface area (TPSA) is 52.6 Å². The normalized spacial score (nSPS) is 18.8. The molecule has 2 N–H and O–H groups in total. The monoisotopic (exact) mass is 266 g/mol. The van der Waals surface area contributed by atoms with Crippen molar-refractivity contribution in [3.63, 3.8) is 0 Å². The standard InChI is InChI=1S/C13H18N2O2S/c16-7-6-15(8-11-4-2-1-3-5-11)13(17)12-9-18-10-14-12/h1-5,12,14,16H,6-10H2/t12-/m1/s1. The van der Waals surface area contributed by atoms with Crippen molar-refractivity contribution in [1.29, 1.82) is 0 Å². The minimum atomic E-state index is -0.106. The van der Waals surface area contributed by atoms with Crippen LogP contribution < -0.4 is 5.32 Å². The van der Waals surface area contributed by atoms with Gasteiger partial charge in [0, 0.05) is 24.7 Å². The van der Waals surface area contributed by atoms with Crippen molar-refractivity contribution in [1.82, 2.24) is 10.2 Å². The summed E-state index contributed by atoms with van der Waals surface area (Å²) in [5.41, 5.74) is 1.09. The SMILES string of the molecule is O=C([C@H]1CSCN1)N(CCO)Cc1ccccc1. The maximum Gasteiger partial charge on any atom is 0.240 e. The summed E-state index contributed by atoms with van der Waals surface area (Å²) in [7, 11) is 0. The quantitative estimate of drug-likeness (QED) is 0.822. The van der Waals surface area contributed by atoms with Crippen molar-refractivity contribution in [2.24, 2.45) is 0 Å². The number of benzene rings is 1. The average Bonchev–Trinajstić information content (AvgIpc) is 2.92. The number of aliphatic hydroxyl groups is 1. The second-order valence-electron chi connectivity index (χ2n) is 4.24. The summed E-state index contributed by atoms with van der Waals surface area (Å²) in [5, 5.41) is 12.3. The third-order valence-corrected chi connectivity index (χ3v) is 3.85. The van der Waals surface area contributed by atoms with Gasteiger partial charge < -0.3 is 10.0 Å². The highest BCUT2D eigenvalue weighted by Gasteiger charge is 2.26. The van der Waals surface area contributed by atoms with E-state index in [0.717, 1.165) is 17.2 Å². The van der Waals surface area contributed by atoms with Gasteiger partial charge in [0.1, 0.15) is 0 Å². The van der Waals surface area contributed by atoms with Gasteiger partial charge in [-0.05, 0) is 5.56 Å². The maximum atomic E-state index is 12.3. The van der Waals surface area contributed by atoms with E-state index in [0.29, 0.717) is 13.1 Å². The molecule has 98 valence electrons. The number of carbonyl (C=O) groups is 1. The lowest BCUT2D eigenvalue weighted by molar-refractivity contribution is -0.133. The highest BCUT2D eigenvalue weighted by Crippen LogP contribution is 2.13. The molecule has 0 aliphatic carbocycles. The second kappa shape index (κ2) is 6.78. The number of carbonyl (C=O) groups excluding carboxylic acids is 1. The van der Waals surface area contributed by atoms with E-state index in [2.05, 4.69) is 5.32 Å². The van der Waals surface area contributed by atoms with E-state index < -0.39 is 0 Å². The van der Waals surface area contributed by atoms with Crippen LogP contribution in [0.5, 0.6) is 0 Å². The van der Waals surface area contributed by atoms with Gasteiger partial charge in [-0.2, -0.15) is 0 Å². The van der Waals surface area contributed by atoms with Gasteiger partial charge >= 0.3 is 0 Å². The first-order valence-electron chi connectivity index (χ1n) is 6.06. The Morgan fingerprint density at radius 3 is 2.83 bits per heavy atom. The van der Waals surface area contributed by atoms with Crippen molar-refractivity contribution >= 4 is 17.7 Å². The molecule has 18 heavy (non-hydrogen) atoms. The first-order chi connectivity index (χ1) is 8.81. The van der Waals surface area contributed by atoms with Gasteiger partial charge in [0.15, 0.2) is 0 Å². The third kappa shape index (κ3) is 3.48. The molecule has 0 aromatic heterocycles. The molecule has 0 bridgehead atoms.